The second-order valence-corrected chi connectivity index (χ2v) is 7.58. The van der Waals surface area contributed by atoms with E-state index < -0.39 is 0 Å². The van der Waals surface area contributed by atoms with Crippen molar-refractivity contribution in [3.05, 3.63) is 0 Å². The van der Waals surface area contributed by atoms with Crippen molar-refractivity contribution in [3.63, 3.8) is 0 Å². The van der Waals surface area contributed by atoms with Crippen molar-refractivity contribution in [1.29, 1.82) is 0 Å². The van der Waals surface area contributed by atoms with Crippen LogP contribution >= 0.6 is 0 Å². The van der Waals surface area contributed by atoms with E-state index in [4.69, 9.17) is 5.73 Å². The van der Waals surface area contributed by atoms with Crippen LogP contribution in [0, 0.1) is 17.3 Å². The lowest BCUT2D eigenvalue weighted by Crippen LogP contribution is -2.43. The summed E-state index contributed by atoms with van der Waals surface area (Å²) in [6.07, 6.45) is 10.3. The molecule has 0 heterocycles. The average Bonchev–Trinajstić information content (AvgIpc) is 2.86. The van der Waals surface area contributed by atoms with Gasteiger partial charge in [-0.05, 0) is 56.8 Å². The van der Waals surface area contributed by atoms with Gasteiger partial charge in [-0.2, -0.15) is 0 Å². The highest BCUT2D eigenvalue weighted by atomic mass is 16.2. The third kappa shape index (κ3) is 3.97. The quantitative estimate of drug-likeness (QED) is 0.812. The van der Waals surface area contributed by atoms with Crippen LogP contribution in [-0.2, 0) is 4.79 Å². The lowest BCUT2D eigenvalue weighted by molar-refractivity contribution is -0.132. The van der Waals surface area contributed by atoms with Gasteiger partial charge in [0.15, 0.2) is 0 Å². The molecule has 116 valence electrons. The lowest BCUT2D eigenvalue weighted by atomic mass is 9.77. The molecule has 20 heavy (non-hydrogen) atoms. The molecular weight excluding hydrogens is 248 g/mol. The number of hydrogen-bond donors (Lipinski definition) is 2. The van der Waals surface area contributed by atoms with Crippen LogP contribution in [0.25, 0.3) is 0 Å². The van der Waals surface area contributed by atoms with E-state index in [1.165, 1.54) is 25.7 Å². The molecule has 0 atom stereocenters. The standard InChI is InChI=1S/C17H32N2O/c1-13(2)11-17(9-3-4-10-17)16(20)19-12-14-5-7-15(18)8-6-14/h13-15H,3-12,18H2,1-2H3,(H,19,20). The Hall–Kier alpha value is -0.570. The molecule has 0 radical (unpaired) electrons. The molecule has 0 saturated heterocycles. The minimum Gasteiger partial charge on any atom is -0.355 e. The van der Waals surface area contributed by atoms with Crippen LogP contribution in [0.15, 0.2) is 0 Å². The normalized spacial score (nSPS) is 29.6. The van der Waals surface area contributed by atoms with E-state index in [2.05, 4.69) is 19.2 Å². The molecule has 2 saturated carbocycles. The highest BCUT2D eigenvalue weighted by Crippen LogP contribution is 2.43. The maximum absolute atomic E-state index is 12.7. The first-order chi connectivity index (χ1) is 9.52. The summed E-state index contributed by atoms with van der Waals surface area (Å²) in [7, 11) is 0. The molecule has 0 aromatic heterocycles. The molecule has 2 rings (SSSR count). The Bertz CT molecular complexity index is 313. The van der Waals surface area contributed by atoms with Crippen molar-refractivity contribution in [3.8, 4) is 0 Å². The van der Waals surface area contributed by atoms with E-state index in [0.717, 1.165) is 38.6 Å². The molecule has 3 N–H and O–H groups in total. The molecule has 0 aliphatic heterocycles. The van der Waals surface area contributed by atoms with Gasteiger partial charge in [0.2, 0.25) is 5.91 Å². The third-order valence-electron chi connectivity index (χ3n) is 5.28. The van der Waals surface area contributed by atoms with Crippen LogP contribution in [0.5, 0.6) is 0 Å². The second kappa shape index (κ2) is 6.93. The number of carbonyl (C=O) groups is 1. The molecule has 0 aromatic rings. The van der Waals surface area contributed by atoms with Crippen LogP contribution in [-0.4, -0.2) is 18.5 Å². The van der Waals surface area contributed by atoms with E-state index in [9.17, 15) is 4.79 Å². The maximum Gasteiger partial charge on any atom is 0.226 e. The largest absolute Gasteiger partial charge is 0.355 e. The minimum atomic E-state index is -0.0563. The van der Waals surface area contributed by atoms with Crippen molar-refractivity contribution in [2.45, 2.75) is 77.7 Å². The molecule has 0 aromatic carbocycles. The molecule has 0 unspecified atom stereocenters. The SMILES string of the molecule is CC(C)CC1(C(=O)NCC2CCC(N)CC2)CCCC1. The number of rotatable bonds is 5. The van der Waals surface area contributed by atoms with Gasteiger partial charge in [-0.1, -0.05) is 26.7 Å². The molecule has 0 spiro atoms. The van der Waals surface area contributed by atoms with Gasteiger partial charge in [0.1, 0.15) is 0 Å². The predicted octanol–water partition coefficient (Wildman–Crippen LogP) is 3.23. The first kappa shape index (κ1) is 15.8. The van der Waals surface area contributed by atoms with E-state index in [1.54, 1.807) is 0 Å². The Balaban J connectivity index is 1.83. The number of hydrogen-bond acceptors (Lipinski definition) is 2. The monoisotopic (exact) mass is 280 g/mol. The summed E-state index contributed by atoms with van der Waals surface area (Å²) in [6.45, 7) is 5.33. The zero-order valence-corrected chi connectivity index (χ0v) is 13.3. The summed E-state index contributed by atoms with van der Waals surface area (Å²) in [5, 5.41) is 3.28. The van der Waals surface area contributed by atoms with Crippen molar-refractivity contribution in [2.75, 3.05) is 6.54 Å². The first-order valence-corrected chi connectivity index (χ1v) is 8.56. The molecule has 1 amide bonds. The summed E-state index contributed by atoms with van der Waals surface area (Å²) in [6, 6.07) is 0.393. The smallest absolute Gasteiger partial charge is 0.226 e. The molecule has 3 heteroatoms. The first-order valence-electron chi connectivity index (χ1n) is 8.56. The van der Waals surface area contributed by atoms with Gasteiger partial charge in [-0.25, -0.2) is 0 Å². The van der Waals surface area contributed by atoms with Crippen molar-refractivity contribution in [2.24, 2.45) is 23.0 Å². The van der Waals surface area contributed by atoms with Gasteiger partial charge in [0.05, 0.1) is 0 Å². The summed E-state index contributed by atoms with van der Waals surface area (Å²) in [5.74, 6) is 1.58. The van der Waals surface area contributed by atoms with E-state index >= 15 is 0 Å². The Morgan fingerprint density at radius 1 is 1.20 bits per heavy atom. The third-order valence-corrected chi connectivity index (χ3v) is 5.28. The van der Waals surface area contributed by atoms with Gasteiger partial charge >= 0.3 is 0 Å². The van der Waals surface area contributed by atoms with E-state index in [0.29, 0.717) is 23.8 Å². The van der Waals surface area contributed by atoms with Gasteiger partial charge in [-0.3, -0.25) is 4.79 Å². The highest BCUT2D eigenvalue weighted by molar-refractivity contribution is 5.82. The van der Waals surface area contributed by atoms with Crippen LogP contribution in [0.1, 0.15) is 71.6 Å². The summed E-state index contributed by atoms with van der Waals surface area (Å²) >= 11 is 0. The van der Waals surface area contributed by atoms with E-state index in [1.807, 2.05) is 0 Å². The second-order valence-electron chi connectivity index (χ2n) is 7.58. The fourth-order valence-electron chi connectivity index (χ4n) is 4.17. The van der Waals surface area contributed by atoms with E-state index in [-0.39, 0.29) is 5.41 Å². The van der Waals surface area contributed by atoms with Crippen LogP contribution < -0.4 is 11.1 Å². The maximum atomic E-state index is 12.7. The van der Waals surface area contributed by atoms with Crippen LogP contribution in [0.4, 0.5) is 0 Å². The number of nitrogens with one attached hydrogen (secondary N) is 1. The highest BCUT2D eigenvalue weighted by Gasteiger charge is 2.41. The zero-order valence-electron chi connectivity index (χ0n) is 13.3. The summed E-state index contributed by atoms with van der Waals surface area (Å²) < 4.78 is 0. The van der Waals surface area contributed by atoms with Gasteiger partial charge in [-0.15, -0.1) is 0 Å². The van der Waals surface area contributed by atoms with Crippen LogP contribution in [0.2, 0.25) is 0 Å². The summed E-state index contributed by atoms with van der Waals surface area (Å²) in [4.78, 5) is 12.7. The number of amides is 1. The van der Waals surface area contributed by atoms with Crippen molar-refractivity contribution in [1.82, 2.24) is 5.32 Å². The Morgan fingerprint density at radius 3 is 2.35 bits per heavy atom. The van der Waals surface area contributed by atoms with Crippen molar-refractivity contribution >= 4 is 5.91 Å². The molecule has 0 bridgehead atoms. The average molecular weight is 280 g/mol. The number of carbonyl (C=O) groups excluding carboxylic acids is 1. The van der Waals surface area contributed by atoms with Crippen LogP contribution in [0.3, 0.4) is 0 Å². The Labute approximate surface area is 124 Å². The molecule has 2 aliphatic rings. The zero-order chi connectivity index (χ0) is 14.6. The van der Waals surface area contributed by atoms with Gasteiger partial charge < -0.3 is 11.1 Å². The van der Waals surface area contributed by atoms with Gasteiger partial charge in [0, 0.05) is 18.0 Å². The Kier molecular flexibility index (Phi) is 5.48. The summed E-state index contributed by atoms with van der Waals surface area (Å²) in [5.41, 5.74) is 5.88. The molecule has 2 fully saturated rings. The number of nitrogens with two attached hydrogens (primary N) is 1. The molecule has 3 nitrogen and oxygen atoms in total. The lowest BCUT2D eigenvalue weighted by Gasteiger charge is -2.31. The fourth-order valence-corrected chi connectivity index (χ4v) is 4.17. The Morgan fingerprint density at radius 2 is 1.80 bits per heavy atom. The molecular formula is C17H32N2O. The van der Waals surface area contributed by atoms with Gasteiger partial charge in [0.25, 0.3) is 0 Å². The predicted molar refractivity (Wildman–Crippen MR) is 83.3 cm³/mol. The van der Waals surface area contributed by atoms with Crippen molar-refractivity contribution < 1.29 is 4.79 Å². The topological polar surface area (TPSA) is 55.1 Å². The fraction of sp³-hybridized carbons (Fsp3) is 0.941. The minimum absolute atomic E-state index is 0.0563. The molecule has 2 aliphatic carbocycles.